The van der Waals surface area contributed by atoms with E-state index in [-0.39, 0.29) is 12.0 Å². The summed E-state index contributed by atoms with van der Waals surface area (Å²) < 4.78 is 36.8. The molecule has 5 heteroatoms. The Morgan fingerprint density at radius 2 is 1.95 bits per heavy atom. The maximum absolute atomic E-state index is 12.3. The lowest BCUT2D eigenvalue weighted by atomic mass is 9.91. The molecule has 0 bridgehead atoms. The van der Waals surface area contributed by atoms with Crippen LogP contribution in [0.25, 0.3) is 0 Å². The number of hydrogen-bond acceptors (Lipinski definition) is 2. The first kappa shape index (κ1) is 15.1. The molecule has 1 unspecified atom stereocenters. The van der Waals surface area contributed by atoms with E-state index >= 15 is 0 Å². The summed E-state index contributed by atoms with van der Waals surface area (Å²) >= 11 is 0. The van der Waals surface area contributed by atoms with Crippen LogP contribution in [0, 0.1) is 0 Å². The first-order chi connectivity index (χ1) is 8.94. The molecule has 1 aliphatic carbocycles. The minimum atomic E-state index is -4.01. The molecule has 0 aromatic rings. The van der Waals surface area contributed by atoms with E-state index in [2.05, 4.69) is 17.1 Å². The van der Waals surface area contributed by atoms with Gasteiger partial charge in [-0.05, 0) is 32.2 Å². The zero-order valence-electron chi connectivity index (χ0n) is 11.7. The number of alkyl halides is 3. The molecule has 0 aromatic carbocycles. The van der Waals surface area contributed by atoms with Gasteiger partial charge in [-0.15, -0.1) is 0 Å². The van der Waals surface area contributed by atoms with Gasteiger partial charge in [-0.25, -0.2) is 0 Å². The number of nitrogens with one attached hydrogen (secondary N) is 1. The van der Waals surface area contributed by atoms with Crippen molar-refractivity contribution >= 4 is 0 Å². The molecule has 1 atom stereocenters. The van der Waals surface area contributed by atoms with Crippen LogP contribution in [0.1, 0.15) is 51.9 Å². The zero-order chi connectivity index (χ0) is 13.9. The van der Waals surface area contributed by atoms with Gasteiger partial charge in [-0.2, -0.15) is 13.2 Å². The van der Waals surface area contributed by atoms with Crippen molar-refractivity contribution in [3.05, 3.63) is 0 Å². The molecule has 1 saturated carbocycles. The van der Waals surface area contributed by atoms with Crippen LogP contribution < -0.4 is 5.32 Å². The topological polar surface area (TPSA) is 15.3 Å². The highest BCUT2D eigenvalue weighted by atomic mass is 19.4. The number of piperazine rings is 1. The largest absolute Gasteiger partial charge is 0.389 e. The van der Waals surface area contributed by atoms with Gasteiger partial charge in [0.05, 0.1) is 0 Å². The Labute approximate surface area is 113 Å². The van der Waals surface area contributed by atoms with Crippen molar-refractivity contribution in [1.29, 1.82) is 0 Å². The van der Waals surface area contributed by atoms with Crippen molar-refractivity contribution in [3.63, 3.8) is 0 Å². The van der Waals surface area contributed by atoms with Crippen LogP contribution in [0.3, 0.4) is 0 Å². The lowest BCUT2D eigenvalue weighted by Crippen LogP contribution is -2.63. The minimum Gasteiger partial charge on any atom is -0.308 e. The van der Waals surface area contributed by atoms with Crippen LogP contribution in [0.5, 0.6) is 0 Å². The third-order valence-corrected chi connectivity index (χ3v) is 4.67. The quantitative estimate of drug-likeness (QED) is 0.848. The summed E-state index contributed by atoms with van der Waals surface area (Å²) in [6.07, 6.45) is 1.44. The van der Waals surface area contributed by atoms with E-state index in [4.69, 9.17) is 0 Å². The minimum absolute atomic E-state index is 0.198. The van der Waals surface area contributed by atoms with Gasteiger partial charge in [-0.1, -0.05) is 19.8 Å². The summed E-state index contributed by atoms with van der Waals surface area (Å²) in [5.41, 5.74) is 0.198. The number of nitrogens with zero attached hydrogens (tertiary/aromatic N) is 1. The maximum atomic E-state index is 12.3. The Morgan fingerprint density at radius 3 is 2.53 bits per heavy atom. The third kappa shape index (κ3) is 4.09. The highest BCUT2D eigenvalue weighted by Gasteiger charge is 2.40. The van der Waals surface area contributed by atoms with Gasteiger partial charge >= 0.3 is 6.18 Å². The van der Waals surface area contributed by atoms with Crippen molar-refractivity contribution < 1.29 is 13.2 Å². The molecule has 2 rings (SSSR count). The molecule has 2 fully saturated rings. The molecule has 1 saturated heterocycles. The van der Waals surface area contributed by atoms with Crippen molar-refractivity contribution in [1.82, 2.24) is 10.2 Å². The first-order valence-corrected chi connectivity index (χ1v) is 7.50. The predicted molar refractivity (Wildman–Crippen MR) is 70.1 cm³/mol. The van der Waals surface area contributed by atoms with Gasteiger partial charge in [0.1, 0.15) is 0 Å². The SMILES string of the molecule is CCC1CNC2(CCCC2)CN1CCCC(F)(F)F. The fraction of sp³-hybridized carbons (Fsp3) is 1.00. The number of hydrogen-bond donors (Lipinski definition) is 1. The zero-order valence-corrected chi connectivity index (χ0v) is 11.7. The fourth-order valence-electron chi connectivity index (χ4n) is 3.57. The standard InChI is InChI=1S/C14H25F3N2/c1-2-12-10-18-13(6-3-4-7-13)11-19(12)9-5-8-14(15,16)17/h12,18H,2-11H2,1H3. The molecule has 2 aliphatic rings. The van der Waals surface area contributed by atoms with E-state index in [1.807, 2.05) is 0 Å². The van der Waals surface area contributed by atoms with Crippen LogP contribution in [0.4, 0.5) is 13.2 Å². The summed E-state index contributed by atoms with van der Waals surface area (Å²) in [5.74, 6) is 0. The van der Waals surface area contributed by atoms with Gasteiger partial charge in [-0.3, -0.25) is 4.90 Å². The summed E-state index contributed by atoms with van der Waals surface area (Å²) in [6.45, 7) is 4.57. The van der Waals surface area contributed by atoms with Crippen LogP contribution in [0.15, 0.2) is 0 Å². The maximum Gasteiger partial charge on any atom is 0.389 e. The molecular weight excluding hydrogens is 253 g/mol. The van der Waals surface area contributed by atoms with Gasteiger partial charge < -0.3 is 5.32 Å². The lowest BCUT2D eigenvalue weighted by molar-refractivity contribution is -0.136. The Bertz CT molecular complexity index is 285. The van der Waals surface area contributed by atoms with Crippen LogP contribution in [-0.4, -0.2) is 42.3 Å². The molecule has 2 nitrogen and oxygen atoms in total. The van der Waals surface area contributed by atoms with Crippen LogP contribution >= 0.6 is 0 Å². The first-order valence-electron chi connectivity index (χ1n) is 7.50. The molecule has 1 spiro atoms. The Kier molecular flexibility index (Phi) is 4.77. The van der Waals surface area contributed by atoms with E-state index in [0.717, 1.165) is 19.5 Å². The van der Waals surface area contributed by atoms with Gasteiger partial charge in [0.15, 0.2) is 0 Å². The number of halogens is 3. The number of rotatable bonds is 4. The summed E-state index contributed by atoms with van der Waals surface area (Å²) in [5, 5.41) is 3.67. The molecule has 112 valence electrons. The molecule has 1 heterocycles. The monoisotopic (exact) mass is 278 g/mol. The van der Waals surface area contributed by atoms with Crippen molar-refractivity contribution in [2.75, 3.05) is 19.6 Å². The van der Waals surface area contributed by atoms with E-state index in [1.54, 1.807) is 0 Å². The second-order valence-electron chi connectivity index (χ2n) is 6.12. The van der Waals surface area contributed by atoms with E-state index in [1.165, 1.54) is 25.7 Å². The van der Waals surface area contributed by atoms with Gasteiger partial charge in [0.2, 0.25) is 0 Å². The van der Waals surface area contributed by atoms with E-state index < -0.39 is 12.6 Å². The highest BCUT2D eigenvalue weighted by molar-refractivity contribution is 5.00. The Morgan fingerprint density at radius 1 is 1.26 bits per heavy atom. The molecule has 19 heavy (non-hydrogen) atoms. The molecule has 1 N–H and O–H groups in total. The smallest absolute Gasteiger partial charge is 0.308 e. The fourth-order valence-corrected chi connectivity index (χ4v) is 3.57. The lowest BCUT2D eigenvalue weighted by Gasteiger charge is -2.46. The average Bonchev–Trinajstić information content (AvgIpc) is 2.76. The molecule has 1 aliphatic heterocycles. The second kappa shape index (κ2) is 6.00. The highest BCUT2D eigenvalue weighted by Crippen LogP contribution is 2.34. The van der Waals surface area contributed by atoms with Crippen molar-refractivity contribution in [3.8, 4) is 0 Å². The summed E-state index contributed by atoms with van der Waals surface area (Å²) in [6, 6.07) is 0.402. The molecule has 0 aromatic heterocycles. The molecular formula is C14H25F3N2. The Balaban J connectivity index is 1.87. The van der Waals surface area contributed by atoms with Gasteiger partial charge in [0, 0.05) is 31.1 Å². The summed E-state index contributed by atoms with van der Waals surface area (Å²) in [4.78, 5) is 2.30. The van der Waals surface area contributed by atoms with Crippen molar-refractivity contribution in [2.45, 2.75) is 69.6 Å². The van der Waals surface area contributed by atoms with Crippen molar-refractivity contribution in [2.24, 2.45) is 0 Å². The molecule has 0 amide bonds. The normalized spacial score (nSPS) is 28.1. The average molecular weight is 278 g/mol. The molecule has 0 radical (unpaired) electrons. The third-order valence-electron chi connectivity index (χ3n) is 4.67. The van der Waals surface area contributed by atoms with E-state index in [0.29, 0.717) is 12.6 Å². The predicted octanol–water partition coefficient (Wildman–Crippen LogP) is 3.33. The Hall–Kier alpha value is -0.290. The van der Waals surface area contributed by atoms with E-state index in [9.17, 15) is 13.2 Å². The van der Waals surface area contributed by atoms with Crippen LogP contribution in [0.2, 0.25) is 0 Å². The van der Waals surface area contributed by atoms with Crippen LogP contribution in [-0.2, 0) is 0 Å². The second-order valence-corrected chi connectivity index (χ2v) is 6.12. The summed E-state index contributed by atoms with van der Waals surface area (Å²) in [7, 11) is 0. The van der Waals surface area contributed by atoms with Gasteiger partial charge in [0.25, 0.3) is 0 Å².